The first-order chi connectivity index (χ1) is 14.0. The summed E-state index contributed by atoms with van der Waals surface area (Å²) in [5.74, 6) is 0.401. The van der Waals surface area contributed by atoms with Gasteiger partial charge in [0.25, 0.3) is 5.91 Å². The number of amidine groups is 2. The Morgan fingerprint density at radius 3 is 2.62 bits per heavy atom. The molecule has 29 heavy (non-hydrogen) atoms. The maximum atomic E-state index is 13.1. The number of carbonyl (C=O) groups is 1. The largest absolute Gasteiger partial charge is 0.457 e. The Kier molecular flexibility index (Phi) is 5.19. The minimum absolute atomic E-state index is 0.0202. The number of carbonyl (C=O) groups excluding carboxylic acids is 1. The predicted molar refractivity (Wildman–Crippen MR) is 113 cm³/mol. The molecule has 0 unspecified atom stereocenters. The van der Waals surface area contributed by atoms with Gasteiger partial charge >= 0.3 is 0 Å². The van der Waals surface area contributed by atoms with E-state index in [0.29, 0.717) is 16.7 Å². The number of rotatable bonds is 5. The van der Waals surface area contributed by atoms with Gasteiger partial charge in [0, 0.05) is 11.5 Å². The van der Waals surface area contributed by atoms with E-state index in [2.05, 4.69) is 23.9 Å². The second-order valence-electron chi connectivity index (χ2n) is 6.68. The molecule has 1 aromatic heterocycles. The van der Waals surface area contributed by atoms with E-state index < -0.39 is 5.91 Å². The monoisotopic (exact) mass is 410 g/mol. The standard InChI is InChI=1S/C21H19FN4O2S/c1-3-12(4-2)20-25-26-18(23)16(19(27)24-21(26)29-20)11-15-9-10-17(28-15)13-5-7-14(22)8-6-13/h5-12,23H,3-4H2,1-2H3. The lowest BCUT2D eigenvalue weighted by Crippen LogP contribution is -2.35. The molecule has 0 saturated carbocycles. The third-order valence-electron chi connectivity index (χ3n) is 4.85. The van der Waals surface area contributed by atoms with Crippen molar-refractivity contribution in [3.8, 4) is 11.3 Å². The molecule has 8 heteroatoms. The molecule has 1 aromatic carbocycles. The fourth-order valence-electron chi connectivity index (χ4n) is 3.15. The van der Waals surface area contributed by atoms with Crippen LogP contribution >= 0.6 is 11.8 Å². The van der Waals surface area contributed by atoms with Gasteiger partial charge in [-0.2, -0.15) is 15.1 Å². The maximum absolute atomic E-state index is 13.1. The summed E-state index contributed by atoms with van der Waals surface area (Å²) in [5.41, 5.74) is 0.834. The Bertz CT molecular complexity index is 1060. The molecule has 0 fully saturated rings. The molecule has 0 radical (unpaired) electrons. The van der Waals surface area contributed by atoms with Crippen LogP contribution in [-0.4, -0.2) is 27.0 Å². The third-order valence-corrected chi connectivity index (χ3v) is 5.92. The van der Waals surface area contributed by atoms with Crippen molar-refractivity contribution < 1.29 is 13.6 Å². The van der Waals surface area contributed by atoms with E-state index in [-0.39, 0.29) is 23.1 Å². The van der Waals surface area contributed by atoms with E-state index in [1.807, 2.05) is 0 Å². The van der Waals surface area contributed by atoms with Crippen molar-refractivity contribution in [1.82, 2.24) is 5.01 Å². The van der Waals surface area contributed by atoms with Crippen LogP contribution < -0.4 is 0 Å². The first kappa shape index (κ1) is 19.3. The lowest BCUT2D eigenvalue weighted by Gasteiger charge is -2.19. The smallest absolute Gasteiger partial charge is 0.283 e. The van der Waals surface area contributed by atoms with Gasteiger partial charge in [-0.05, 0) is 67.1 Å². The molecule has 0 bridgehead atoms. The van der Waals surface area contributed by atoms with Crippen molar-refractivity contribution >= 4 is 39.8 Å². The van der Waals surface area contributed by atoms with Crippen LogP contribution in [0.15, 0.2) is 56.5 Å². The highest BCUT2D eigenvalue weighted by Crippen LogP contribution is 2.33. The summed E-state index contributed by atoms with van der Waals surface area (Å²) in [4.78, 5) is 16.6. The van der Waals surface area contributed by atoms with Gasteiger partial charge in [-0.15, -0.1) is 0 Å². The Hall–Kier alpha value is -3.00. The SMILES string of the molecule is CCC(CC)C1=NN2C(=N)C(=Cc3ccc(-c4ccc(F)cc4)o3)C(=O)N=C2S1. The fourth-order valence-corrected chi connectivity index (χ4v) is 4.31. The molecule has 2 aliphatic rings. The zero-order chi connectivity index (χ0) is 20.5. The first-order valence-corrected chi connectivity index (χ1v) is 10.2. The number of aliphatic imine (C=N–C) groups is 1. The molecule has 4 rings (SSSR count). The summed E-state index contributed by atoms with van der Waals surface area (Å²) in [6.45, 7) is 4.18. The molecule has 2 aromatic rings. The molecule has 1 N–H and O–H groups in total. The second-order valence-corrected chi connectivity index (χ2v) is 7.67. The van der Waals surface area contributed by atoms with Crippen LogP contribution in [0.1, 0.15) is 32.4 Å². The zero-order valence-electron chi connectivity index (χ0n) is 16.0. The number of hydrazone groups is 1. The van der Waals surface area contributed by atoms with Gasteiger partial charge in [0.1, 0.15) is 22.4 Å². The average Bonchev–Trinajstić information content (AvgIpc) is 3.34. The lowest BCUT2D eigenvalue weighted by atomic mass is 10.1. The third kappa shape index (κ3) is 3.67. The number of hydrogen-bond acceptors (Lipinski definition) is 5. The van der Waals surface area contributed by atoms with Crippen molar-refractivity contribution in [2.45, 2.75) is 26.7 Å². The van der Waals surface area contributed by atoms with Crippen molar-refractivity contribution in [2.24, 2.45) is 16.0 Å². The summed E-state index contributed by atoms with van der Waals surface area (Å²) in [6.07, 6.45) is 3.37. The van der Waals surface area contributed by atoms with Crippen LogP contribution in [0, 0.1) is 17.1 Å². The van der Waals surface area contributed by atoms with Crippen LogP contribution in [0.3, 0.4) is 0 Å². The Labute approximate surface area is 171 Å². The second kappa shape index (κ2) is 7.79. The van der Waals surface area contributed by atoms with Gasteiger partial charge in [-0.1, -0.05) is 13.8 Å². The highest BCUT2D eigenvalue weighted by molar-refractivity contribution is 8.27. The number of fused-ring (bicyclic) bond motifs is 1. The van der Waals surface area contributed by atoms with E-state index >= 15 is 0 Å². The molecule has 2 aliphatic heterocycles. The molecule has 1 amide bonds. The van der Waals surface area contributed by atoms with Gasteiger partial charge in [-0.25, -0.2) is 4.39 Å². The van der Waals surface area contributed by atoms with Gasteiger partial charge in [0.15, 0.2) is 5.84 Å². The van der Waals surface area contributed by atoms with Crippen LogP contribution in [0.2, 0.25) is 0 Å². The highest BCUT2D eigenvalue weighted by atomic mass is 32.2. The summed E-state index contributed by atoms with van der Waals surface area (Å²) in [5, 5.41) is 15.7. The number of benzene rings is 1. The topological polar surface area (TPSA) is 82.0 Å². The van der Waals surface area contributed by atoms with E-state index in [1.165, 1.54) is 35.0 Å². The summed E-state index contributed by atoms with van der Waals surface area (Å²) in [6, 6.07) is 9.37. The highest BCUT2D eigenvalue weighted by Gasteiger charge is 2.37. The molecular formula is C21H19FN4O2S. The Balaban J connectivity index is 1.61. The molecule has 0 spiro atoms. The minimum atomic E-state index is -0.491. The van der Waals surface area contributed by atoms with E-state index in [1.54, 1.807) is 24.3 Å². The Morgan fingerprint density at radius 2 is 1.93 bits per heavy atom. The maximum Gasteiger partial charge on any atom is 0.283 e. The molecular weight excluding hydrogens is 391 g/mol. The molecule has 0 aliphatic carbocycles. The van der Waals surface area contributed by atoms with Crippen molar-refractivity contribution in [2.75, 3.05) is 0 Å². The summed E-state index contributed by atoms with van der Waals surface area (Å²) >= 11 is 1.35. The number of nitrogens with one attached hydrogen (secondary N) is 1. The molecule has 0 atom stereocenters. The number of amides is 1. The predicted octanol–water partition coefficient (Wildman–Crippen LogP) is 5.14. The number of furan rings is 1. The van der Waals surface area contributed by atoms with Crippen molar-refractivity contribution in [1.29, 1.82) is 5.41 Å². The van der Waals surface area contributed by atoms with E-state index in [0.717, 1.165) is 23.4 Å². The number of hydrogen-bond donors (Lipinski definition) is 1. The molecule has 3 heterocycles. The summed E-state index contributed by atoms with van der Waals surface area (Å²) < 4.78 is 18.9. The van der Waals surface area contributed by atoms with Gasteiger partial charge < -0.3 is 4.42 Å². The van der Waals surface area contributed by atoms with Crippen molar-refractivity contribution in [3.63, 3.8) is 0 Å². The fraction of sp³-hybridized carbons (Fsp3) is 0.238. The number of halogens is 1. The minimum Gasteiger partial charge on any atom is -0.457 e. The normalized spacial score (nSPS) is 17.8. The van der Waals surface area contributed by atoms with Crippen molar-refractivity contribution in [3.05, 3.63) is 53.5 Å². The van der Waals surface area contributed by atoms with Gasteiger partial charge in [0.2, 0.25) is 5.17 Å². The number of nitrogens with zero attached hydrogens (tertiary/aromatic N) is 3. The van der Waals surface area contributed by atoms with Crippen LogP contribution in [0.5, 0.6) is 0 Å². The summed E-state index contributed by atoms with van der Waals surface area (Å²) in [7, 11) is 0. The average molecular weight is 410 g/mol. The molecule has 148 valence electrons. The van der Waals surface area contributed by atoms with Crippen LogP contribution in [0.25, 0.3) is 17.4 Å². The molecule has 0 saturated heterocycles. The molecule has 6 nitrogen and oxygen atoms in total. The Morgan fingerprint density at radius 1 is 1.21 bits per heavy atom. The zero-order valence-corrected chi connectivity index (χ0v) is 16.8. The van der Waals surface area contributed by atoms with Crippen LogP contribution in [-0.2, 0) is 4.79 Å². The van der Waals surface area contributed by atoms with E-state index in [4.69, 9.17) is 9.83 Å². The van der Waals surface area contributed by atoms with Crippen LogP contribution in [0.4, 0.5) is 4.39 Å². The van der Waals surface area contributed by atoms with Gasteiger partial charge in [-0.3, -0.25) is 10.2 Å². The lowest BCUT2D eigenvalue weighted by molar-refractivity contribution is -0.114. The van der Waals surface area contributed by atoms with E-state index in [9.17, 15) is 9.18 Å². The first-order valence-electron chi connectivity index (χ1n) is 9.36. The number of thioether (sulfide) groups is 1. The quantitative estimate of drug-likeness (QED) is 0.692. The van der Waals surface area contributed by atoms with Gasteiger partial charge in [0.05, 0.1) is 5.57 Å².